The average Bonchev–Trinajstić information content (AvgIpc) is 3.01. The van der Waals surface area contributed by atoms with E-state index in [0.29, 0.717) is 5.76 Å². The van der Waals surface area contributed by atoms with Gasteiger partial charge in [-0.2, -0.15) is 0 Å². The highest BCUT2D eigenvalue weighted by atomic mass is 32.2. The third-order valence-electron chi connectivity index (χ3n) is 3.57. The Morgan fingerprint density at radius 3 is 2.35 bits per heavy atom. The first kappa shape index (κ1) is 17.3. The minimum atomic E-state index is -3.67. The van der Waals surface area contributed by atoms with Crippen LogP contribution in [0.1, 0.15) is 30.4 Å². The van der Waals surface area contributed by atoms with Crippen LogP contribution in [0.4, 0.5) is 0 Å². The van der Waals surface area contributed by atoms with Crippen molar-refractivity contribution in [3.8, 4) is 0 Å². The van der Waals surface area contributed by atoms with Crippen LogP contribution in [0.5, 0.6) is 0 Å². The zero-order valence-electron chi connectivity index (χ0n) is 13.4. The molecule has 6 heteroatoms. The van der Waals surface area contributed by atoms with Gasteiger partial charge in [0.1, 0.15) is 11.0 Å². The van der Waals surface area contributed by atoms with Crippen molar-refractivity contribution in [1.82, 2.24) is 5.32 Å². The van der Waals surface area contributed by atoms with Crippen LogP contribution in [0.3, 0.4) is 0 Å². The molecule has 124 valence electrons. The molecule has 0 fully saturated rings. The lowest BCUT2D eigenvalue weighted by molar-refractivity contribution is -0.123. The summed E-state index contributed by atoms with van der Waals surface area (Å²) in [6, 6.07) is 9.89. The first-order chi connectivity index (χ1) is 10.8. The van der Waals surface area contributed by atoms with Crippen LogP contribution in [0.2, 0.25) is 0 Å². The maximum Gasteiger partial charge on any atom is 0.222 e. The molecule has 0 aliphatic carbocycles. The van der Waals surface area contributed by atoms with Crippen molar-refractivity contribution in [2.24, 2.45) is 5.92 Å². The fourth-order valence-corrected chi connectivity index (χ4v) is 3.71. The SMILES string of the molecule is Cc1ccc(S(=O)(=O)C(CNC(=O)C(C)C)c2ccco2)cc1. The summed E-state index contributed by atoms with van der Waals surface area (Å²) < 4.78 is 31.1. The monoisotopic (exact) mass is 335 g/mol. The van der Waals surface area contributed by atoms with Crippen molar-refractivity contribution >= 4 is 15.7 Å². The van der Waals surface area contributed by atoms with E-state index in [1.165, 1.54) is 6.26 Å². The minimum Gasteiger partial charge on any atom is -0.468 e. The van der Waals surface area contributed by atoms with Gasteiger partial charge >= 0.3 is 0 Å². The summed E-state index contributed by atoms with van der Waals surface area (Å²) in [5.41, 5.74) is 0.978. The molecule has 0 aliphatic rings. The van der Waals surface area contributed by atoms with E-state index in [1.54, 1.807) is 50.2 Å². The molecule has 0 saturated heterocycles. The molecule has 1 N–H and O–H groups in total. The zero-order valence-corrected chi connectivity index (χ0v) is 14.3. The van der Waals surface area contributed by atoms with E-state index in [1.807, 2.05) is 6.92 Å². The Balaban J connectivity index is 2.33. The van der Waals surface area contributed by atoms with Gasteiger partial charge in [0.2, 0.25) is 5.91 Å². The van der Waals surface area contributed by atoms with Crippen LogP contribution in [0, 0.1) is 12.8 Å². The van der Waals surface area contributed by atoms with Crippen LogP contribution < -0.4 is 5.32 Å². The first-order valence-corrected chi connectivity index (χ1v) is 8.98. The topological polar surface area (TPSA) is 76.4 Å². The maximum atomic E-state index is 12.9. The van der Waals surface area contributed by atoms with Gasteiger partial charge in [-0.15, -0.1) is 0 Å². The number of aryl methyl sites for hydroxylation is 1. The van der Waals surface area contributed by atoms with Crippen LogP contribution in [-0.2, 0) is 14.6 Å². The molecule has 0 spiro atoms. The van der Waals surface area contributed by atoms with Crippen molar-refractivity contribution in [2.45, 2.75) is 30.9 Å². The van der Waals surface area contributed by atoms with Crippen LogP contribution in [0.15, 0.2) is 52.0 Å². The summed E-state index contributed by atoms with van der Waals surface area (Å²) in [5, 5.41) is 1.72. The average molecular weight is 335 g/mol. The number of hydrogen-bond donors (Lipinski definition) is 1. The normalized spacial score (nSPS) is 13.0. The lowest BCUT2D eigenvalue weighted by Gasteiger charge is -2.17. The Bertz CT molecular complexity index is 746. The molecule has 23 heavy (non-hydrogen) atoms. The number of furan rings is 1. The second kappa shape index (κ2) is 7.00. The number of nitrogens with one attached hydrogen (secondary N) is 1. The largest absolute Gasteiger partial charge is 0.468 e. The van der Waals surface area contributed by atoms with E-state index < -0.39 is 15.1 Å². The predicted octanol–water partition coefficient (Wildman–Crippen LogP) is 2.88. The molecule has 0 aliphatic heterocycles. The van der Waals surface area contributed by atoms with Gasteiger partial charge in [0.15, 0.2) is 9.84 Å². The fourth-order valence-electron chi connectivity index (χ4n) is 2.13. The van der Waals surface area contributed by atoms with E-state index in [0.717, 1.165) is 5.56 Å². The molecule has 2 rings (SSSR count). The summed E-state index contributed by atoms with van der Waals surface area (Å²) in [7, 11) is -3.67. The second-order valence-electron chi connectivity index (χ2n) is 5.76. The molecular weight excluding hydrogens is 314 g/mol. The van der Waals surface area contributed by atoms with Crippen molar-refractivity contribution in [2.75, 3.05) is 6.54 Å². The molecule has 1 amide bonds. The highest BCUT2D eigenvalue weighted by Crippen LogP contribution is 2.29. The first-order valence-electron chi connectivity index (χ1n) is 7.44. The van der Waals surface area contributed by atoms with Crippen molar-refractivity contribution in [1.29, 1.82) is 0 Å². The van der Waals surface area contributed by atoms with E-state index in [4.69, 9.17) is 4.42 Å². The van der Waals surface area contributed by atoms with Crippen molar-refractivity contribution < 1.29 is 17.6 Å². The van der Waals surface area contributed by atoms with Crippen LogP contribution in [-0.4, -0.2) is 20.9 Å². The molecule has 1 heterocycles. The third-order valence-corrected chi connectivity index (χ3v) is 5.65. The highest BCUT2D eigenvalue weighted by Gasteiger charge is 2.31. The molecule has 1 atom stereocenters. The summed E-state index contributed by atoms with van der Waals surface area (Å²) in [6.07, 6.45) is 1.43. The van der Waals surface area contributed by atoms with Gasteiger partial charge in [-0.1, -0.05) is 31.5 Å². The molecule has 1 aromatic heterocycles. The lowest BCUT2D eigenvalue weighted by Crippen LogP contribution is -2.34. The number of amides is 1. The predicted molar refractivity (Wildman–Crippen MR) is 87.7 cm³/mol. The number of hydrogen-bond acceptors (Lipinski definition) is 4. The second-order valence-corrected chi connectivity index (χ2v) is 7.89. The number of benzene rings is 1. The van der Waals surface area contributed by atoms with Crippen LogP contribution >= 0.6 is 0 Å². The lowest BCUT2D eigenvalue weighted by atomic mass is 10.2. The Morgan fingerprint density at radius 2 is 1.83 bits per heavy atom. The zero-order chi connectivity index (χ0) is 17.0. The number of carbonyl (C=O) groups excluding carboxylic acids is 1. The third kappa shape index (κ3) is 4.01. The Morgan fingerprint density at radius 1 is 1.17 bits per heavy atom. The van der Waals surface area contributed by atoms with E-state index in [9.17, 15) is 13.2 Å². The number of rotatable bonds is 6. The van der Waals surface area contributed by atoms with Crippen molar-refractivity contribution in [3.63, 3.8) is 0 Å². The molecular formula is C17H21NO4S. The number of carbonyl (C=O) groups is 1. The molecule has 2 aromatic rings. The number of sulfone groups is 1. The van der Waals surface area contributed by atoms with Gasteiger partial charge in [-0.05, 0) is 31.2 Å². The van der Waals surface area contributed by atoms with E-state index in [-0.39, 0.29) is 23.3 Å². The van der Waals surface area contributed by atoms with Gasteiger partial charge in [-0.3, -0.25) is 4.79 Å². The van der Waals surface area contributed by atoms with Gasteiger partial charge in [-0.25, -0.2) is 8.42 Å². The molecule has 1 aromatic carbocycles. The van der Waals surface area contributed by atoms with Gasteiger partial charge in [0.25, 0.3) is 0 Å². The van der Waals surface area contributed by atoms with Gasteiger partial charge in [0.05, 0.1) is 11.2 Å². The smallest absolute Gasteiger partial charge is 0.222 e. The van der Waals surface area contributed by atoms with Crippen LogP contribution in [0.25, 0.3) is 0 Å². The van der Waals surface area contributed by atoms with Gasteiger partial charge < -0.3 is 9.73 Å². The molecule has 0 bridgehead atoms. The molecule has 5 nitrogen and oxygen atoms in total. The van der Waals surface area contributed by atoms with Gasteiger partial charge in [0, 0.05) is 12.5 Å². The summed E-state index contributed by atoms with van der Waals surface area (Å²) >= 11 is 0. The minimum absolute atomic E-state index is 0.0270. The maximum absolute atomic E-state index is 12.9. The van der Waals surface area contributed by atoms with E-state index in [2.05, 4.69) is 5.32 Å². The Kier molecular flexibility index (Phi) is 5.26. The van der Waals surface area contributed by atoms with Crippen molar-refractivity contribution in [3.05, 3.63) is 54.0 Å². The summed E-state index contributed by atoms with van der Waals surface area (Å²) in [6.45, 7) is 5.38. The molecule has 0 radical (unpaired) electrons. The highest BCUT2D eigenvalue weighted by molar-refractivity contribution is 7.91. The summed E-state index contributed by atoms with van der Waals surface area (Å²) in [4.78, 5) is 12.0. The Labute approximate surface area is 136 Å². The van der Waals surface area contributed by atoms with E-state index >= 15 is 0 Å². The molecule has 1 unspecified atom stereocenters. The standard InChI is InChI=1S/C17H21NO4S/c1-12(2)17(19)18-11-16(15-5-4-10-22-15)23(20,21)14-8-6-13(3)7-9-14/h4-10,12,16H,11H2,1-3H3,(H,18,19). The molecule has 0 saturated carbocycles. The quantitative estimate of drug-likeness (QED) is 0.880. The fraction of sp³-hybridized carbons (Fsp3) is 0.353. The summed E-state index contributed by atoms with van der Waals surface area (Å²) in [5.74, 6) is -0.0929. The Hall–Kier alpha value is -2.08.